The SMILES string of the molecule is COc1ccc(NC(=O)C[C@H]2[NH2+][C@H]3CCCC[C@@H]3NC2=O)cc1. The van der Waals surface area contributed by atoms with Gasteiger partial charge in [0, 0.05) is 12.1 Å². The standard InChI is InChI=1S/C17H23N3O3/c1-23-12-8-6-11(7-9-12)18-16(21)10-15-17(22)20-14-5-3-2-4-13(14)19-15/h6-9,13-15,19H,2-5,10H2,1H3,(H,18,21)(H,20,22)/p+1/t13-,14-,15+/m0/s1. The number of hydrogen-bond acceptors (Lipinski definition) is 3. The van der Waals surface area contributed by atoms with Gasteiger partial charge in [-0.3, -0.25) is 9.59 Å². The van der Waals surface area contributed by atoms with E-state index in [2.05, 4.69) is 16.0 Å². The molecule has 0 radical (unpaired) electrons. The molecule has 0 spiro atoms. The van der Waals surface area contributed by atoms with Crippen molar-refractivity contribution in [3.8, 4) is 5.75 Å². The molecule has 124 valence electrons. The smallest absolute Gasteiger partial charge is 0.279 e. The third kappa shape index (κ3) is 3.82. The first-order valence-corrected chi connectivity index (χ1v) is 8.25. The summed E-state index contributed by atoms with van der Waals surface area (Å²) >= 11 is 0. The van der Waals surface area contributed by atoms with Crippen molar-refractivity contribution in [2.75, 3.05) is 12.4 Å². The van der Waals surface area contributed by atoms with Gasteiger partial charge < -0.3 is 20.7 Å². The second-order valence-electron chi connectivity index (χ2n) is 6.34. The zero-order chi connectivity index (χ0) is 16.2. The van der Waals surface area contributed by atoms with Crippen LogP contribution in [0.2, 0.25) is 0 Å². The maximum Gasteiger partial charge on any atom is 0.279 e. The lowest BCUT2D eigenvalue weighted by molar-refractivity contribution is -0.718. The summed E-state index contributed by atoms with van der Waals surface area (Å²) in [6.07, 6.45) is 4.75. The highest BCUT2D eigenvalue weighted by Gasteiger charge is 2.40. The van der Waals surface area contributed by atoms with Crippen LogP contribution in [0, 0.1) is 0 Å². The summed E-state index contributed by atoms with van der Waals surface area (Å²) in [5.41, 5.74) is 0.711. The number of amides is 2. The molecule has 0 unspecified atom stereocenters. The first kappa shape index (κ1) is 15.8. The van der Waals surface area contributed by atoms with Gasteiger partial charge in [-0.15, -0.1) is 0 Å². The second kappa shape index (κ2) is 7.00. The van der Waals surface area contributed by atoms with Crippen molar-refractivity contribution >= 4 is 17.5 Å². The lowest BCUT2D eigenvalue weighted by Gasteiger charge is -2.37. The molecule has 23 heavy (non-hydrogen) atoms. The van der Waals surface area contributed by atoms with Gasteiger partial charge in [0.05, 0.1) is 19.6 Å². The highest BCUT2D eigenvalue weighted by Crippen LogP contribution is 2.19. The zero-order valence-electron chi connectivity index (χ0n) is 13.4. The predicted octanol–water partition coefficient (Wildman–Crippen LogP) is 0.397. The van der Waals surface area contributed by atoms with E-state index in [9.17, 15) is 9.59 Å². The van der Waals surface area contributed by atoms with E-state index in [0.29, 0.717) is 11.7 Å². The summed E-state index contributed by atoms with van der Waals surface area (Å²) in [7, 11) is 1.60. The van der Waals surface area contributed by atoms with Gasteiger partial charge in [-0.05, 0) is 37.1 Å². The van der Waals surface area contributed by atoms with Gasteiger partial charge in [0.1, 0.15) is 11.8 Å². The van der Waals surface area contributed by atoms with Crippen LogP contribution in [0.5, 0.6) is 5.75 Å². The quantitative estimate of drug-likeness (QED) is 0.751. The van der Waals surface area contributed by atoms with Crippen LogP contribution >= 0.6 is 0 Å². The van der Waals surface area contributed by atoms with E-state index in [1.807, 2.05) is 0 Å². The van der Waals surface area contributed by atoms with Gasteiger partial charge in [0.2, 0.25) is 5.91 Å². The Balaban J connectivity index is 1.55. The van der Waals surface area contributed by atoms with Gasteiger partial charge in [-0.2, -0.15) is 0 Å². The van der Waals surface area contributed by atoms with Crippen molar-refractivity contribution in [2.45, 2.75) is 50.2 Å². The monoisotopic (exact) mass is 318 g/mol. The van der Waals surface area contributed by atoms with Crippen LogP contribution in [-0.2, 0) is 9.59 Å². The highest BCUT2D eigenvalue weighted by atomic mass is 16.5. The number of nitrogens with one attached hydrogen (secondary N) is 2. The van der Waals surface area contributed by atoms with E-state index in [4.69, 9.17) is 4.74 Å². The van der Waals surface area contributed by atoms with Crippen LogP contribution in [0.25, 0.3) is 0 Å². The number of piperazine rings is 1. The number of quaternary nitrogens is 1. The maximum absolute atomic E-state index is 12.2. The van der Waals surface area contributed by atoms with Crippen molar-refractivity contribution in [1.82, 2.24) is 5.32 Å². The summed E-state index contributed by atoms with van der Waals surface area (Å²) < 4.78 is 5.09. The molecule has 2 amide bonds. The Kier molecular flexibility index (Phi) is 4.81. The van der Waals surface area contributed by atoms with E-state index in [1.165, 1.54) is 12.8 Å². The normalized spacial score (nSPS) is 26.8. The average molecular weight is 318 g/mol. The molecular formula is C17H24N3O3+. The van der Waals surface area contributed by atoms with Crippen LogP contribution < -0.4 is 20.7 Å². The first-order chi connectivity index (χ1) is 11.2. The number of rotatable bonds is 4. The topological polar surface area (TPSA) is 84.0 Å². The lowest BCUT2D eigenvalue weighted by atomic mass is 9.87. The Labute approximate surface area is 136 Å². The van der Waals surface area contributed by atoms with Crippen molar-refractivity contribution in [2.24, 2.45) is 0 Å². The van der Waals surface area contributed by atoms with Crippen LogP contribution in [0.15, 0.2) is 24.3 Å². The number of ether oxygens (including phenoxy) is 1. The minimum Gasteiger partial charge on any atom is -0.497 e. The molecule has 1 aromatic carbocycles. The molecule has 3 atom stereocenters. The van der Waals surface area contributed by atoms with Gasteiger partial charge in [0.25, 0.3) is 5.91 Å². The lowest BCUT2D eigenvalue weighted by Crippen LogP contribution is -3.03. The summed E-state index contributed by atoms with van der Waals surface area (Å²) in [6, 6.07) is 7.53. The van der Waals surface area contributed by atoms with Crippen LogP contribution in [-0.4, -0.2) is 37.0 Å². The van der Waals surface area contributed by atoms with E-state index >= 15 is 0 Å². The van der Waals surface area contributed by atoms with Crippen molar-refractivity contribution in [1.29, 1.82) is 0 Å². The van der Waals surface area contributed by atoms with E-state index in [0.717, 1.165) is 18.6 Å². The highest BCUT2D eigenvalue weighted by molar-refractivity contribution is 5.95. The van der Waals surface area contributed by atoms with Crippen molar-refractivity contribution in [3.63, 3.8) is 0 Å². The Morgan fingerprint density at radius 2 is 2.04 bits per heavy atom. The Morgan fingerprint density at radius 3 is 2.78 bits per heavy atom. The molecule has 1 aliphatic carbocycles. The van der Waals surface area contributed by atoms with E-state index in [-0.39, 0.29) is 30.3 Å². The van der Waals surface area contributed by atoms with Gasteiger partial charge in [0.15, 0.2) is 6.04 Å². The minimum atomic E-state index is -0.326. The molecular weight excluding hydrogens is 294 g/mol. The van der Waals surface area contributed by atoms with Gasteiger partial charge in [-0.25, -0.2) is 0 Å². The molecule has 2 fully saturated rings. The molecule has 1 aromatic rings. The Bertz CT molecular complexity index is 573. The number of hydrogen-bond donors (Lipinski definition) is 3. The summed E-state index contributed by atoms with van der Waals surface area (Å²) in [4.78, 5) is 24.4. The zero-order valence-corrected chi connectivity index (χ0v) is 13.4. The minimum absolute atomic E-state index is 0.0157. The van der Waals surface area contributed by atoms with Gasteiger partial charge >= 0.3 is 0 Å². The Hall–Kier alpha value is -2.08. The summed E-state index contributed by atoms with van der Waals surface area (Å²) in [6.45, 7) is 0. The fraction of sp³-hybridized carbons (Fsp3) is 0.529. The molecule has 6 nitrogen and oxygen atoms in total. The number of carbonyl (C=O) groups is 2. The second-order valence-corrected chi connectivity index (χ2v) is 6.34. The van der Waals surface area contributed by atoms with Gasteiger partial charge in [-0.1, -0.05) is 6.42 Å². The molecule has 1 saturated heterocycles. The average Bonchev–Trinajstić information content (AvgIpc) is 2.56. The summed E-state index contributed by atoms with van der Waals surface area (Å²) in [5, 5.41) is 8.02. The number of methoxy groups -OCH3 is 1. The van der Waals surface area contributed by atoms with Crippen LogP contribution in [0.4, 0.5) is 5.69 Å². The Morgan fingerprint density at radius 1 is 1.30 bits per heavy atom. The molecule has 2 aliphatic rings. The van der Waals surface area contributed by atoms with E-state index < -0.39 is 0 Å². The van der Waals surface area contributed by atoms with Crippen molar-refractivity contribution in [3.05, 3.63) is 24.3 Å². The molecule has 6 heteroatoms. The summed E-state index contributed by atoms with van der Waals surface area (Å²) in [5.74, 6) is 0.588. The predicted molar refractivity (Wildman–Crippen MR) is 86.1 cm³/mol. The van der Waals surface area contributed by atoms with Crippen molar-refractivity contribution < 1.29 is 19.6 Å². The largest absolute Gasteiger partial charge is 0.497 e. The third-order valence-corrected chi connectivity index (χ3v) is 4.74. The number of anilines is 1. The molecule has 3 rings (SSSR count). The fourth-order valence-electron chi connectivity index (χ4n) is 3.49. The molecule has 4 N–H and O–H groups in total. The van der Waals surface area contributed by atoms with Crippen LogP contribution in [0.3, 0.4) is 0 Å². The van der Waals surface area contributed by atoms with E-state index in [1.54, 1.807) is 31.4 Å². The number of benzene rings is 1. The number of fused-ring (bicyclic) bond motifs is 1. The molecule has 1 aliphatic heterocycles. The van der Waals surface area contributed by atoms with Crippen LogP contribution in [0.1, 0.15) is 32.1 Å². The first-order valence-electron chi connectivity index (χ1n) is 8.25. The number of nitrogens with two attached hydrogens (primary N) is 1. The molecule has 0 aromatic heterocycles. The molecule has 1 heterocycles. The third-order valence-electron chi connectivity index (χ3n) is 4.74. The fourth-order valence-corrected chi connectivity index (χ4v) is 3.49. The maximum atomic E-state index is 12.2. The molecule has 1 saturated carbocycles. The molecule has 0 bridgehead atoms. The number of carbonyl (C=O) groups excluding carboxylic acids is 2.